The van der Waals surface area contributed by atoms with Crippen LogP contribution in [0, 0.1) is 0 Å². The fourth-order valence-electron chi connectivity index (χ4n) is 2.18. The maximum atomic E-state index is 12.8. The van der Waals surface area contributed by atoms with E-state index in [1.165, 1.54) is 10.5 Å². The highest BCUT2D eigenvalue weighted by Crippen LogP contribution is 2.29. The number of pyridine rings is 1. The molecule has 0 saturated carbocycles. The normalized spacial score (nSPS) is 12.0. The summed E-state index contributed by atoms with van der Waals surface area (Å²) < 4.78 is 39.7. The Kier molecular flexibility index (Phi) is 3.37. The van der Waals surface area contributed by atoms with Crippen molar-refractivity contribution in [3.8, 4) is 0 Å². The predicted octanol–water partition coefficient (Wildman–Crippen LogP) is 3.53. The van der Waals surface area contributed by atoms with E-state index >= 15 is 0 Å². The molecule has 108 valence electrons. The van der Waals surface area contributed by atoms with Gasteiger partial charge in [0.15, 0.2) is 5.65 Å². The Labute approximate surface area is 119 Å². The molecule has 3 nitrogen and oxygen atoms in total. The first-order valence-corrected chi connectivity index (χ1v) is 6.49. The molecule has 0 aliphatic rings. The van der Waals surface area contributed by atoms with Gasteiger partial charge in [-0.2, -0.15) is 13.2 Å². The average molecular weight is 291 g/mol. The molecule has 2 heterocycles. The average Bonchev–Trinajstić information content (AvgIpc) is 2.87. The molecule has 0 fully saturated rings. The standard InChI is InChI=1S/C15H12F3N3/c16-15(17,18)12-7-9-14-20-19-13(21(14)10-12)8-6-11-4-2-1-3-5-11/h1-5,7,9-10H,6,8H2. The highest BCUT2D eigenvalue weighted by molar-refractivity contribution is 5.40. The largest absolute Gasteiger partial charge is 0.417 e. The molecule has 0 N–H and O–H groups in total. The molecule has 21 heavy (non-hydrogen) atoms. The van der Waals surface area contributed by atoms with E-state index in [-0.39, 0.29) is 0 Å². The number of hydrogen-bond acceptors (Lipinski definition) is 2. The number of fused-ring (bicyclic) bond motifs is 1. The van der Waals surface area contributed by atoms with Crippen molar-refractivity contribution in [2.75, 3.05) is 0 Å². The summed E-state index contributed by atoms with van der Waals surface area (Å²) in [5, 5.41) is 7.88. The third kappa shape index (κ3) is 2.89. The van der Waals surface area contributed by atoms with Gasteiger partial charge in [0.1, 0.15) is 5.82 Å². The van der Waals surface area contributed by atoms with Gasteiger partial charge in [-0.1, -0.05) is 30.3 Å². The van der Waals surface area contributed by atoms with E-state index in [1.807, 2.05) is 30.3 Å². The highest BCUT2D eigenvalue weighted by Gasteiger charge is 2.31. The van der Waals surface area contributed by atoms with Crippen LogP contribution in [0.5, 0.6) is 0 Å². The van der Waals surface area contributed by atoms with Gasteiger partial charge in [0.2, 0.25) is 0 Å². The summed E-state index contributed by atoms with van der Waals surface area (Å²) >= 11 is 0. The minimum absolute atomic E-state index is 0.422. The van der Waals surface area contributed by atoms with Gasteiger partial charge in [-0.05, 0) is 24.1 Å². The van der Waals surface area contributed by atoms with Crippen molar-refractivity contribution in [2.24, 2.45) is 0 Å². The Balaban J connectivity index is 1.88. The minimum Gasteiger partial charge on any atom is -0.286 e. The van der Waals surface area contributed by atoms with Gasteiger partial charge in [-0.3, -0.25) is 4.40 Å². The zero-order chi connectivity index (χ0) is 14.9. The van der Waals surface area contributed by atoms with Crippen LogP contribution in [0.25, 0.3) is 5.65 Å². The van der Waals surface area contributed by atoms with E-state index in [4.69, 9.17) is 0 Å². The highest BCUT2D eigenvalue weighted by atomic mass is 19.4. The molecule has 3 aromatic rings. The first-order valence-electron chi connectivity index (χ1n) is 6.49. The van der Waals surface area contributed by atoms with Gasteiger partial charge >= 0.3 is 6.18 Å². The smallest absolute Gasteiger partial charge is 0.286 e. The van der Waals surface area contributed by atoms with Crippen LogP contribution >= 0.6 is 0 Å². The molecule has 0 aliphatic heterocycles. The number of aryl methyl sites for hydroxylation is 2. The Morgan fingerprint density at radius 2 is 1.67 bits per heavy atom. The molecule has 0 unspecified atom stereocenters. The van der Waals surface area contributed by atoms with Gasteiger partial charge in [0.05, 0.1) is 5.56 Å². The van der Waals surface area contributed by atoms with Gasteiger partial charge in [0, 0.05) is 12.6 Å². The first kappa shape index (κ1) is 13.6. The van der Waals surface area contributed by atoms with Gasteiger partial charge < -0.3 is 0 Å². The van der Waals surface area contributed by atoms with E-state index in [9.17, 15) is 13.2 Å². The SMILES string of the molecule is FC(F)(F)c1ccc2nnc(CCc3ccccc3)n2c1. The summed E-state index contributed by atoms with van der Waals surface area (Å²) in [6, 6.07) is 12.1. The first-order chi connectivity index (χ1) is 10.0. The Bertz CT molecular complexity index is 748. The number of alkyl halides is 3. The Morgan fingerprint density at radius 3 is 2.38 bits per heavy atom. The van der Waals surface area contributed by atoms with Crippen LogP contribution in [-0.4, -0.2) is 14.6 Å². The third-order valence-corrected chi connectivity index (χ3v) is 3.28. The van der Waals surface area contributed by atoms with E-state index in [0.717, 1.165) is 17.8 Å². The molecule has 0 amide bonds. The maximum Gasteiger partial charge on any atom is 0.417 e. The lowest BCUT2D eigenvalue weighted by atomic mass is 10.1. The molecule has 3 rings (SSSR count). The Morgan fingerprint density at radius 1 is 0.905 bits per heavy atom. The molecular weight excluding hydrogens is 279 g/mol. The number of rotatable bonds is 3. The zero-order valence-corrected chi connectivity index (χ0v) is 11.0. The summed E-state index contributed by atoms with van der Waals surface area (Å²) in [5.74, 6) is 0.528. The van der Waals surface area contributed by atoms with Crippen molar-refractivity contribution in [3.05, 3.63) is 65.6 Å². The van der Waals surface area contributed by atoms with Crippen LogP contribution in [0.4, 0.5) is 13.2 Å². The summed E-state index contributed by atoms with van der Waals surface area (Å²) in [6.45, 7) is 0. The molecule has 0 saturated heterocycles. The van der Waals surface area contributed by atoms with Crippen molar-refractivity contribution in [2.45, 2.75) is 19.0 Å². The van der Waals surface area contributed by atoms with Crippen LogP contribution in [-0.2, 0) is 19.0 Å². The van der Waals surface area contributed by atoms with Gasteiger partial charge in [-0.25, -0.2) is 0 Å². The second-order valence-electron chi connectivity index (χ2n) is 4.75. The van der Waals surface area contributed by atoms with Crippen LogP contribution in [0.3, 0.4) is 0 Å². The molecule has 6 heteroatoms. The monoisotopic (exact) mass is 291 g/mol. The fourth-order valence-corrected chi connectivity index (χ4v) is 2.18. The second kappa shape index (κ2) is 5.20. The molecule has 0 radical (unpaired) electrons. The van der Waals surface area contributed by atoms with Crippen molar-refractivity contribution in [1.29, 1.82) is 0 Å². The van der Waals surface area contributed by atoms with Crippen LogP contribution in [0.2, 0.25) is 0 Å². The van der Waals surface area contributed by atoms with Gasteiger partial charge in [0.25, 0.3) is 0 Å². The third-order valence-electron chi connectivity index (χ3n) is 3.28. The van der Waals surface area contributed by atoms with Crippen LogP contribution in [0.15, 0.2) is 48.7 Å². The topological polar surface area (TPSA) is 30.2 Å². The molecule has 0 atom stereocenters. The lowest BCUT2D eigenvalue weighted by Crippen LogP contribution is -2.07. The fraction of sp³-hybridized carbons (Fsp3) is 0.200. The Hall–Kier alpha value is -2.37. The lowest BCUT2D eigenvalue weighted by Gasteiger charge is -2.07. The number of nitrogens with zero attached hydrogens (tertiary/aromatic N) is 3. The maximum absolute atomic E-state index is 12.8. The molecular formula is C15H12F3N3. The number of benzene rings is 1. The molecule has 2 aromatic heterocycles. The minimum atomic E-state index is -4.37. The summed E-state index contributed by atoms with van der Waals surface area (Å²) in [7, 11) is 0. The molecule has 0 bridgehead atoms. The van der Waals surface area contributed by atoms with E-state index in [0.29, 0.717) is 24.3 Å². The van der Waals surface area contributed by atoms with E-state index in [1.54, 1.807) is 0 Å². The predicted molar refractivity (Wildman–Crippen MR) is 71.8 cm³/mol. The molecule has 0 spiro atoms. The summed E-state index contributed by atoms with van der Waals surface area (Å²) in [4.78, 5) is 0. The number of aromatic nitrogens is 3. The van der Waals surface area contributed by atoms with Crippen LogP contribution < -0.4 is 0 Å². The van der Waals surface area contributed by atoms with Crippen LogP contribution in [0.1, 0.15) is 17.0 Å². The molecule has 1 aromatic carbocycles. The number of halogens is 3. The summed E-state index contributed by atoms with van der Waals surface area (Å²) in [6.07, 6.45) is -2.07. The van der Waals surface area contributed by atoms with Gasteiger partial charge in [-0.15, -0.1) is 10.2 Å². The van der Waals surface area contributed by atoms with E-state index < -0.39 is 11.7 Å². The van der Waals surface area contributed by atoms with Crippen molar-refractivity contribution in [1.82, 2.24) is 14.6 Å². The number of hydrogen-bond donors (Lipinski definition) is 0. The summed E-state index contributed by atoms with van der Waals surface area (Å²) in [5.41, 5.74) is 0.836. The van der Waals surface area contributed by atoms with Crippen molar-refractivity contribution < 1.29 is 13.2 Å². The van der Waals surface area contributed by atoms with Crippen molar-refractivity contribution in [3.63, 3.8) is 0 Å². The molecule has 0 aliphatic carbocycles. The second-order valence-corrected chi connectivity index (χ2v) is 4.75. The van der Waals surface area contributed by atoms with Crippen molar-refractivity contribution >= 4 is 5.65 Å². The lowest BCUT2D eigenvalue weighted by molar-refractivity contribution is -0.137. The van der Waals surface area contributed by atoms with E-state index in [2.05, 4.69) is 10.2 Å². The zero-order valence-electron chi connectivity index (χ0n) is 11.0. The quantitative estimate of drug-likeness (QED) is 0.739.